The van der Waals surface area contributed by atoms with Gasteiger partial charge in [0.1, 0.15) is 23.9 Å². The number of hydrogen-bond donors (Lipinski definition) is 2. The van der Waals surface area contributed by atoms with E-state index in [0.717, 1.165) is 61.0 Å². The first kappa shape index (κ1) is 38.2. The van der Waals surface area contributed by atoms with Gasteiger partial charge in [-0.25, -0.2) is 4.79 Å². The second-order valence-corrected chi connectivity index (χ2v) is 15.3. The van der Waals surface area contributed by atoms with Crippen LogP contribution in [0.3, 0.4) is 0 Å². The van der Waals surface area contributed by atoms with E-state index in [0.29, 0.717) is 18.6 Å². The van der Waals surface area contributed by atoms with E-state index >= 15 is 0 Å². The Balaban J connectivity index is 1.42. The highest BCUT2D eigenvalue weighted by molar-refractivity contribution is 6.39. The first-order chi connectivity index (χ1) is 24.2. The van der Waals surface area contributed by atoms with Gasteiger partial charge in [0.25, 0.3) is 0 Å². The van der Waals surface area contributed by atoms with Gasteiger partial charge in [-0.15, -0.1) is 0 Å². The van der Waals surface area contributed by atoms with Gasteiger partial charge in [0.15, 0.2) is 5.60 Å². The molecule has 2 heterocycles. The fourth-order valence-corrected chi connectivity index (χ4v) is 7.55. The van der Waals surface area contributed by atoms with Crippen molar-refractivity contribution in [1.29, 1.82) is 0 Å². The monoisotopic (exact) mass is 710 g/mol. The van der Waals surface area contributed by atoms with E-state index in [2.05, 4.69) is 15.8 Å². The number of ether oxygens (including phenoxy) is 3. The van der Waals surface area contributed by atoms with Crippen molar-refractivity contribution < 1.29 is 43.0 Å². The summed E-state index contributed by atoms with van der Waals surface area (Å²) in [7, 11) is 3.07. The van der Waals surface area contributed by atoms with Gasteiger partial charge in [-0.2, -0.15) is 0 Å². The number of ketones is 2. The summed E-state index contributed by atoms with van der Waals surface area (Å²) in [6.45, 7) is 9.10. The molecule has 13 nitrogen and oxygen atoms in total. The SMILES string of the molecule is CCC[C@H](NC(=O)[C@@H]1C[C@]2(CC(c3cc(C)c(OC)c(C)c3)=NO2)CN1C(=O)[C@@H](NC(=O)OC1CCCC1)C(C)(C)OC)C(=O)C(=O)CC1CC1. The molecule has 3 amide bonds. The van der Waals surface area contributed by atoms with Crippen LogP contribution >= 0.6 is 0 Å². The molecular formula is C38H54N4O9. The van der Waals surface area contributed by atoms with Crippen LogP contribution < -0.4 is 15.4 Å². The van der Waals surface area contributed by atoms with Crippen molar-refractivity contribution in [3.63, 3.8) is 0 Å². The Bertz CT molecular complexity index is 1520. The Hall–Kier alpha value is -4.00. The third-order valence-corrected chi connectivity index (χ3v) is 10.8. The van der Waals surface area contributed by atoms with Crippen molar-refractivity contribution in [2.75, 3.05) is 20.8 Å². The number of amides is 3. The average Bonchev–Trinajstić information content (AvgIpc) is 3.43. The van der Waals surface area contributed by atoms with Crippen molar-refractivity contribution >= 4 is 35.2 Å². The van der Waals surface area contributed by atoms with Crippen molar-refractivity contribution in [3.05, 3.63) is 28.8 Å². The number of nitrogens with zero attached hydrogens (tertiary/aromatic N) is 2. The highest BCUT2D eigenvalue weighted by Gasteiger charge is 2.56. The number of carbonyl (C=O) groups excluding carboxylic acids is 5. The van der Waals surface area contributed by atoms with Crippen molar-refractivity contribution in [2.45, 2.75) is 141 Å². The number of benzene rings is 1. The van der Waals surface area contributed by atoms with Gasteiger partial charge in [0, 0.05) is 31.9 Å². The van der Waals surface area contributed by atoms with Crippen molar-refractivity contribution in [3.8, 4) is 5.75 Å². The van der Waals surface area contributed by atoms with Gasteiger partial charge < -0.3 is 34.6 Å². The van der Waals surface area contributed by atoms with Crippen LogP contribution in [0.5, 0.6) is 5.75 Å². The summed E-state index contributed by atoms with van der Waals surface area (Å²) in [4.78, 5) is 75.6. The molecule has 2 aliphatic carbocycles. The molecule has 3 fully saturated rings. The maximum absolute atomic E-state index is 14.6. The zero-order chi connectivity index (χ0) is 37.1. The first-order valence-corrected chi connectivity index (χ1v) is 18.3. The summed E-state index contributed by atoms with van der Waals surface area (Å²) < 4.78 is 16.9. The molecule has 0 radical (unpaired) electrons. The Labute approximate surface area is 300 Å². The number of Topliss-reactive ketones (excluding diaryl/α,β-unsaturated/α-hetero) is 2. The number of nitrogens with one attached hydrogen (secondary N) is 2. The number of rotatable bonds is 15. The number of likely N-dealkylation sites (tertiary alicyclic amines) is 1. The molecule has 2 aliphatic heterocycles. The number of carbonyl (C=O) groups is 5. The van der Waals surface area contributed by atoms with E-state index in [9.17, 15) is 24.0 Å². The predicted octanol–water partition coefficient (Wildman–Crippen LogP) is 4.46. The van der Waals surface area contributed by atoms with E-state index < -0.39 is 58.8 Å². The molecule has 4 atom stereocenters. The third-order valence-electron chi connectivity index (χ3n) is 10.8. The van der Waals surface area contributed by atoms with E-state index in [1.54, 1.807) is 21.0 Å². The maximum atomic E-state index is 14.6. The van der Waals surface area contributed by atoms with E-state index in [-0.39, 0.29) is 37.8 Å². The molecule has 51 heavy (non-hydrogen) atoms. The first-order valence-electron chi connectivity index (χ1n) is 18.3. The van der Waals surface area contributed by atoms with Gasteiger partial charge >= 0.3 is 6.09 Å². The number of oxime groups is 1. The summed E-state index contributed by atoms with van der Waals surface area (Å²) in [6, 6.07) is 0.579. The van der Waals surface area contributed by atoms with Crippen LogP contribution in [0.25, 0.3) is 0 Å². The second-order valence-electron chi connectivity index (χ2n) is 15.3. The molecule has 1 spiro atoms. The fraction of sp³-hybridized carbons (Fsp3) is 0.684. The normalized spacial score (nSPS) is 23.0. The van der Waals surface area contributed by atoms with E-state index in [4.69, 9.17) is 19.0 Å². The van der Waals surface area contributed by atoms with Crippen LogP contribution in [-0.2, 0) is 33.5 Å². The van der Waals surface area contributed by atoms with Crippen molar-refractivity contribution in [1.82, 2.24) is 15.5 Å². The molecule has 4 aliphatic rings. The predicted molar refractivity (Wildman–Crippen MR) is 188 cm³/mol. The van der Waals surface area contributed by atoms with Gasteiger partial charge in [-0.05, 0) is 102 Å². The number of hydrogen-bond acceptors (Lipinski definition) is 10. The van der Waals surface area contributed by atoms with E-state index in [1.165, 1.54) is 12.0 Å². The lowest BCUT2D eigenvalue weighted by atomic mass is 9.90. The second kappa shape index (κ2) is 15.7. The van der Waals surface area contributed by atoms with Crippen LogP contribution in [0.1, 0.15) is 108 Å². The summed E-state index contributed by atoms with van der Waals surface area (Å²) in [5, 5.41) is 10.0. The lowest BCUT2D eigenvalue weighted by Crippen LogP contribution is -2.62. The van der Waals surface area contributed by atoms with Crippen LogP contribution in [0.2, 0.25) is 0 Å². The zero-order valence-corrected chi connectivity index (χ0v) is 31.1. The molecule has 1 saturated heterocycles. The molecule has 1 aromatic carbocycles. The smallest absolute Gasteiger partial charge is 0.408 e. The molecule has 1 aromatic rings. The third kappa shape index (κ3) is 8.73. The molecule has 0 aromatic heterocycles. The van der Waals surface area contributed by atoms with Gasteiger partial charge in [-0.1, -0.05) is 18.5 Å². The Morgan fingerprint density at radius 2 is 1.71 bits per heavy atom. The molecule has 280 valence electrons. The quantitative estimate of drug-likeness (QED) is 0.250. The van der Waals surface area contributed by atoms with Crippen LogP contribution in [0.15, 0.2) is 17.3 Å². The minimum absolute atomic E-state index is 0.0202. The number of alkyl carbamates (subject to hydrolysis) is 1. The Morgan fingerprint density at radius 1 is 1.04 bits per heavy atom. The number of aryl methyl sites for hydroxylation is 2. The Kier molecular flexibility index (Phi) is 11.8. The zero-order valence-electron chi connectivity index (χ0n) is 31.1. The average molecular weight is 711 g/mol. The topological polar surface area (TPSA) is 162 Å². The van der Waals surface area contributed by atoms with E-state index in [1.807, 2.05) is 32.9 Å². The minimum Gasteiger partial charge on any atom is -0.496 e. The van der Waals surface area contributed by atoms with Crippen LogP contribution in [0, 0.1) is 19.8 Å². The lowest BCUT2D eigenvalue weighted by Gasteiger charge is -2.36. The van der Waals surface area contributed by atoms with Crippen molar-refractivity contribution in [2.24, 2.45) is 11.1 Å². The fourth-order valence-electron chi connectivity index (χ4n) is 7.55. The Morgan fingerprint density at radius 3 is 2.29 bits per heavy atom. The number of methoxy groups -OCH3 is 2. The molecule has 0 unspecified atom stereocenters. The molecule has 2 N–H and O–H groups in total. The minimum atomic E-state index is -1.23. The van der Waals surface area contributed by atoms with Gasteiger partial charge in [0.05, 0.1) is 31.0 Å². The summed E-state index contributed by atoms with van der Waals surface area (Å²) in [5.74, 6) is -1.25. The maximum Gasteiger partial charge on any atom is 0.408 e. The largest absolute Gasteiger partial charge is 0.496 e. The lowest BCUT2D eigenvalue weighted by molar-refractivity contribution is -0.147. The molecule has 13 heteroatoms. The standard InChI is InChI=1S/C38H54N4O9/c1-8-11-27(31(44)30(43)18-24-14-15-24)39-34(45)29-20-38(19-28(41-51-38)25-16-22(2)32(48-6)23(3)17-25)21-42(29)35(46)33(37(4,5)49-7)40-36(47)50-26-12-9-10-13-26/h16-17,24,26-27,29,33H,8-15,18-21H2,1-7H3,(H,39,45)(H,40,47)/t27-,29-,33+,38+/m0/s1. The van der Waals surface area contributed by atoms with Crippen LogP contribution in [-0.4, -0.2) is 96.3 Å². The summed E-state index contributed by atoms with van der Waals surface area (Å²) in [6.07, 6.45) is 5.70. The molecule has 0 bridgehead atoms. The van der Waals surface area contributed by atoms with Gasteiger partial charge in [0.2, 0.25) is 23.4 Å². The highest BCUT2D eigenvalue weighted by Crippen LogP contribution is 2.41. The summed E-state index contributed by atoms with van der Waals surface area (Å²) >= 11 is 0. The molecular weight excluding hydrogens is 656 g/mol. The van der Waals surface area contributed by atoms with Crippen LogP contribution in [0.4, 0.5) is 4.79 Å². The highest BCUT2D eigenvalue weighted by atomic mass is 16.7. The summed E-state index contributed by atoms with van der Waals surface area (Å²) in [5.41, 5.74) is 1.10. The van der Waals surface area contributed by atoms with Gasteiger partial charge in [-0.3, -0.25) is 19.2 Å². The molecule has 5 rings (SSSR count). The molecule has 2 saturated carbocycles.